The first-order chi connectivity index (χ1) is 14.2. The van der Waals surface area contributed by atoms with Crippen molar-refractivity contribution in [3.63, 3.8) is 0 Å². The van der Waals surface area contributed by atoms with Gasteiger partial charge in [0.2, 0.25) is 0 Å². The predicted molar refractivity (Wildman–Crippen MR) is 105 cm³/mol. The van der Waals surface area contributed by atoms with Gasteiger partial charge in [0.15, 0.2) is 0 Å². The zero-order valence-electron chi connectivity index (χ0n) is 15.9. The molecule has 0 saturated carbocycles. The van der Waals surface area contributed by atoms with Crippen molar-refractivity contribution in [2.75, 3.05) is 6.61 Å². The van der Waals surface area contributed by atoms with Crippen molar-refractivity contribution < 1.29 is 32.5 Å². The number of aromatic nitrogens is 1. The maximum absolute atomic E-state index is 12.7. The summed E-state index contributed by atoms with van der Waals surface area (Å²) in [6.45, 7) is 1.85. The summed E-state index contributed by atoms with van der Waals surface area (Å²) in [6, 6.07) is 12.0. The molecule has 0 amide bonds. The summed E-state index contributed by atoms with van der Waals surface area (Å²) < 4.78 is 49.0. The van der Waals surface area contributed by atoms with Gasteiger partial charge in [0, 0.05) is 5.56 Å². The molecule has 0 spiro atoms. The van der Waals surface area contributed by atoms with E-state index in [1.807, 2.05) is 6.92 Å². The minimum atomic E-state index is -4.37. The number of aryl methyl sites for hydroxylation is 1. The number of aliphatic carboxylic acids is 1. The van der Waals surface area contributed by atoms with Crippen molar-refractivity contribution in [2.45, 2.75) is 26.3 Å². The first kappa shape index (κ1) is 21.8. The Hall–Kier alpha value is -2.91. The number of carboxylic acid groups (broad SMARTS) is 1. The summed E-state index contributed by atoms with van der Waals surface area (Å²) in [5, 5.41) is 9.23. The van der Waals surface area contributed by atoms with Gasteiger partial charge in [-0.1, -0.05) is 24.3 Å². The molecule has 0 unspecified atom stereocenters. The van der Waals surface area contributed by atoms with Gasteiger partial charge in [0.05, 0.1) is 22.7 Å². The lowest BCUT2D eigenvalue weighted by Crippen LogP contribution is -2.06. The van der Waals surface area contributed by atoms with Crippen LogP contribution in [0.4, 0.5) is 13.2 Å². The van der Waals surface area contributed by atoms with Crippen LogP contribution in [-0.2, 0) is 28.9 Å². The quantitative estimate of drug-likeness (QED) is 0.517. The van der Waals surface area contributed by atoms with E-state index in [1.165, 1.54) is 23.5 Å². The Morgan fingerprint density at radius 2 is 1.87 bits per heavy atom. The maximum atomic E-state index is 12.7. The van der Waals surface area contributed by atoms with Crippen LogP contribution in [0.15, 0.2) is 48.5 Å². The number of thiazole rings is 1. The maximum Gasteiger partial charge on any atom is 0.416 e. The zero-order chi connectivity index (χ0) is 21.7. The number of ether oxygens (including phenoxy) is 2. The normalized spacial score (nSPS) is 11.5. The Kier molecular flexibility index (Phi) is 6.73. The molecule has 0 aliphatic rings. The first-order valence-corrected chi connectivity index (χ1v) is 9.69. The molecule has 9 heteroatoms. The largest absolute Gasteiger partial charge is 0.488 e. The number of hydrogen-bond acceptors (Lipinski definition) is 5. The monoisotopic (exact) mass is 437 g/mol. The van der Waals surface area contributed by atoms with E-state index in [9.17, 15) is 18.0 Å². The van der Waals surface area contributed by atoms with Gasteiger partial charge in [0.1, 0.15) is 24.0 Å². The Morgan fingerprint density at radius 3 is 2.53 bits per heavy atom. The predicted octanol–water partition coefficient (Wildman–Crippen LogP) is 5.32. The third kappa shape index (κ3) is 5.80. The minimum absolute atomic E-state index is 0.154. The van der Waals surface area contributed by atoms with E-state index in [2.05, 4.69) is 4.98 Å². The first-order valence-electron chi connectivity index (χ1n) is 8.87. The number of benzene rings is 2. The van der Waals surface area contributed by atoms with Crippen LogP contribution in [-0.4, -0.2) is 22.7 Å². The summed E-state index contributed by atoms with van der Waals surface area (Å²) >= 11 is 1.36. The number of alkyl halides is 3. The van der Waals surface area contributed by atoms with E-state index in [-0.39, 0.29) is 19.8 Å². The molecule has 0 radical (unpaired) electrons. The molecular weight excluding hydrogens is 419 g/mol. The molecule has 0 bridgehead atoms. The lowest BCUT2D eigenvalue weighted by Gasteiger charge is -2.07. The van der Waals surface area contributed by atoms with Crippen molar-refractivity contribution in [1.82, 2.24) is 4.98 Å². The van der Waals surface area contributed by atoms with E-state index in [0.717, 1.165) is 28.3 Å². The molecule has 1 aromatic heterocycles. The number of halogens is 3. The van der Waals surface area contributed by atoms with Crippen molar-refractivity contribution in [3.8, 4) is 16.3 Å². The van der Waals surface area contributed by atoms with Crippen molar-refractivity contribution in [1.29, 1.82) is 0 Å². The van der Waals surface area contributed by atoms with Crippen LogP contribution in [0.3, 0.4) is 0 Å². The van der Waals surface area contributed by atoms with Crippen LogP contribution in [0.25, 0.3) is 10.6 Å². The van der Waals surface area contributed by atoms with Crippen LogP contribution in [0.1, 0.15) is 21.7 Å². The minimum Gasteiger partial charge on any atom is -0.488 e. The van der Waals surface area contributed by atoms with Crippen molar-refractivity contribution in [3.05, 3.63) is 70.2 Å². The molecule has 1 heterocycles. The molecule has 158 valence electrons. The molecule has 5 nitrogen and oxygen atoms in total. The van der Waals surface area contributed by atoms with Crippen LogP contribution in [0.5, 0.6) is 5.75 Å². The summed E-state index contributed by atoms with van der Waals surface area (Å²) in [5.41, 5.74) is 1.44. The zero-order valence-corrected chi connectivity index (χ0v) is 16.7. The van der Waals surface area contributed by atoms with Gasteiger partial charge in [0.25, 0.3) is 0 Å². The highest BCUT2D eigenvalue weighted by Crippen LogP contribution is 2.33. The second-order valence-corrected chi connectivity index (χ2v) is 7.51. The fourth-order valence-corrected chi connectivity index (χ4v) is 3.60. The molecule has 0 fully saturated rings. The molecule has 3 aromatic rings. The molecule has 2 aromatic carbocycles. The fourth-order valence-electron chi connectivity index (χ4n) is 2.62. The van der Waals surface area contributed by atoms with Crippen LogP contribution in [0.2, 0.25) is 0 Å². The smallest absolute Gasteiger partial charge is 0.416 e. The second kappa shape index (κ2) is 9.27. The van der Waals surface area contributed by atoms with Gasteiger partial charge < -0.3 is 14.6 Å². The van der Waals surface area contributed by atoms with E-state index in [4.69, 9.17) is 14.6 Å². The van der Waals surface area contributed by atoms with Gasteiger partial charge in [-0.05, 0) is 36.8 Å². The van der Waals surface area contributed by atoms with E-state index < -0.39 is 17.7 Å². The number of rotatable bonds is 8. The Labute approximate surface area is 174 Å². The number of carbonyl (C=O) groups is 1. The summed E-state index contributed by atoms with van der Waals surface area (Å²) in [5.74, 6) is -0.442. The van der Waals surface area contributed by atoms with Crippen molar-refractivity contribution >= 4 is 17.3 Å². The fraction of sp³-hybridized carbons (Fsp3) is 0.238. The summed E-state index contributed by atoms with van der Waals surface area (Å²) in [7, 11) is 0. The average Bonchev–Trinajstić information content (AvgIpc) is 3.06. The molecule has 0 aliphatic heterocycles. The highest BCUT2D eigenvalue weighted by atomic mass is 32.1. The molecule has 0 atom stereocenters. The Morgan fingerprint density at radius 1 is 1.13 bits per heavy atom. The topological polar surface area (TPSA) is 68.7 Å². The third-order valence-electron chi connectivity index (χ3n) is 4.11. The molecule has 0 saturated heterocycles. The van der Waals surface area contributed by atoms with Gasteiger partial charge in [-0.2, -0.15) is 13.2 Å². The van der Waals surface area contributed by atoms with E-state index in [0.29, 0.717) is 16.3 Å². The van der Waals surface area contributed by atoms with E-state index in [1.54, 1.807) is 24.3 Å². The van der Waals surface area contributed by atoms with Crippen LogP contribution >= 0.6 is 11.3 Å². The molecule has 1 N–H and O–H groups in total. The molecule has 30 heavy (non-hydrogen) atoms. The average molecular weight is 437 g/mol. The van der Waals surface area contributed by atoms with Gasteiger partial charge in [-0.25, -0.2) is 9.78 Å². The van der Waals surface area contributed by atoms with Gasteiger partial charge in [-0.15, -0.1) is 11.3 Å². The lowest BCUT2D eigenvalue weighted by molar-refractivity contribution is -0.142. The highest BCUT2D eigenvalue weighted by Gasteiger charge is 2.30. The highest BCUT2D eigenvalue weighted by molar-refractivity contribution is 7.15. The number of nitrogens with zero attached hydrogens (tertiary/aromatic N) is 1. The SMILES string of the molecule is Cc1nc(-c2ccc(C(F)(F)F)cc2)sc1COc1cccc(COCC(=O)O)c1. The number of carboxylic acids is 1. The summed E-state index contributed by atoms with van der Waals surface area (Å²) in [4.78, 5) is 15.8. The summed E-state index contributed by atoms with van der Waals surface area (Å²) in [6.07, 6.45) is -4.37. The van der Waals surface area contributed by atoms with E-state index >= 15 is 0 Å². The third-order valence-corrected chi connectivity index (χ3v) is 5.29. The van der Waals surface area contributed by atoms with Gasteiger partial charge >= 0.3 is 12.1 Å². The standard InChI is InChI=1S/C21H18F3NO4S/c1-13-18(11-29-17-4-2-3-14(9-17)10-28-12-19(26)27)30-20(25-13)15-5-7-16(8-6-15)21(22,23)24/h2-9H,10-12H2,1H3,(H,26,27). The molecule has 0 aliphatic carbocycles. The second-order valence-electron chi connectivity index (χ2n) is 6.43. The lowest BCUT2D eigenvalue weighted by atomic mass is 10.1. The van der Waals surface area contributed by atoms with Crippen LogP contribution < -0.4 is 4.74 Å². The Balaban J connectivity index is 1.65. The van der Waals surface area contributed by atoms with Crippen LogP contribution in [0, 0.1) is 6.92 Å². The van der Waals surface area contributed by atoms with Crippen molar-refractivity contribution in [2.24, 2.45) is 0 Å². The molecular formula is C21H18F3NO4S. The Bertz CT molecular complexity index is 1020. The number of hydrogen-bond donors (Lipinski definition) is 1. The van der Waals surface area contributed by atoms with Gasteiger partial charge in [-0.3, -0.25) is 0 Å². The molecule has 3 rings (SSSR count).